The van der Waals surface area contributed by atoms with Crippen LogP contribution >= 0.6 is 0 Å². The summed E-state index contributed by atoms with van der Waals surface area (Å²) in [6.07, 6.45) is 0. The van der Waals surface area contributed by atoms with Crippen molar-refractivity contribution >= 4 is 11.0 Å². The van der Waals surface area contributed by atoms with Gasteiger partial charge in [-0.3, -0.25) is 0 Å². The molecule has 0 aliphatic rings. The number of rotatable bonds is 3. The minimum Gasteiger partial charge on any atom is -0.458 e. The number of hydrogen-bond acceptors (Lipinski definition) is 3. The zero-order valence-electron chi connectivity index (χ0n) is 11.7. The zero-order chi connectivity index (χ0) is 14.3. The van der Waals surface area contributed by atoms with Gasteiger partial charge in [0.05, 0.1) is 0 Å². The first-order chi connectivity index (χ1) is 8.67. The molecule has 4 heteroatoms. The Morgan fingerprint density at radius 3 is 2.53 bits per heavy atom. The van der Waals surface area contributed by atoms with Crippen LogP contribution in [0.5, 0.6) is 0 Å². The van der Waals surface area contributed by atoms with Crippen molar-refractivity contribution in [2.75, 3.05) is 6.54 Å². The normalized spacial score (nSPS) is 15.7. The number of aliphatic hydroxyl groups is 1. The number of benzene rings is 1. The number of furan rings is 1. The van der Waals surface area contributed by atoms with E-state index in [1.807, 2.05) is 20.8 Å². The molecule has 1 atom stereocenters. The van der Waals surface area contributed by atoms with Crippen LogP contribution in [0, 0.1) is 5.82 Å². The summed E-state index contributed by atoms with van der Waals surface area (Å²) in [4.78, 5) is 0. The van der Waals surface area contributed by atoms with E-state index in [2.05, 4.69) is 5.32 Å². The van der Waals surface area contributed by atoms with Gasteiger partial charge in [-0.1, -0.05) is 0 Å². The van der Waals surface area contributed by atoms with Crippen LogP contribution in [-0.2, 0) is 5.60 Å². The largest absolute Gasteiger partial charge is 0.458 e. The lowest BCUT2D eigenvalue weighted by Gasteiger charge is -2.27. The average molecular weight is 265 g/mol. The van der Waals surface area contributed by atoms with Gasteiger partial charge in [0, 0.05) is 17.5 Å². The minimum absolute atomic E-state index is 0.0951. The first-order valence-corrected chi connectivity index (χ1v) is 6.34. The highest BCUT2D eigenvalue weighted by Gasteiger charge is 2.29. The van der Waals surface area contributed by atoms with Crippen molar-refractivity contribution in [2.45, 2.75) is 38.8 Å². The predicted molar refractivity (Wildman–Crippen MR) is 73.5 cm³/mol. The predicted octanol–water partition coefficient (Wildman–Crippen LogP) is 3.17. The third-order valence-corrected chi connectivity index (χ3v) is 2.97. The molecule has 0 spiro atoms. The van der Waals surface area contributed by atoms with Crippen molar-refractivity contribution in [3.05, 3.63) is 35.8 Å². The second kappa shape index (κ2) is 4.62. The molecule has 1 aromatic carbocycles. The van der Waals surface area contributed by atoms with Crippen molar-refractivity contribution in [2.24, 2.45) is 0 Å². The van der Waals surface area contributed by atoms with Crippen molar-refractivity contribution in [1.82, 2.24) is 5.32 Å². The van der Waals surface area contributed by atoms with Gasteiger partial charge in [0.25, 0.3) is 0 Å². The fourth-order valence-corrected chi connectivity index (χ4v) is 1.80. The van der Waals surface area contributed by atoms with Crippen LogP contribution in [-0.4, -0.2) is 17.2 Å². The van der Waals surface area contributed by atoms with Crippen LogP contribution < -0.4 is 5.32 Å². The van der Waals surface area contributed by atoms with E-state index in [0.29, 0.717) is 23.3 Å². The summed E-state index contributed by atoms with van der Waals surface area (Å²) in [6, 6.07) is 6.00. The van der Waals surface area contributed by atoms with Crippen molar-refractivity contribution < 1.29 is 13.9 Å². The van der Waals surface area contributed by atoms with E-state index < -0.39 is 5.60 Å². The molecule has 0 aliphatic carbocycles. The molecule has 3 nitrogen and oxygen atoms in total. The summed E-state index contributed by atoms with van der Waals surface area (Å²) in [5.74, 6) is 0.122. The van der Waals surface area contributed by atoms with E-state index in [-0.39, 0.29) is 11.4 Å². The van der Waals surface area contributed by atoms with Crippen LogP contribution in [0.4, 0.5) is 4.39 Å². The van der Waals surface area contributed by atoms with E-state index in [9.17, 15) is 9.50 Å². The second-order valence-corrected chi connectivity index (χ2v) is 6.17. The Kier molecular flexibility index (Phi) is 3.41. The Bertz CT molecular complexity index is 581. The number of β-amino-alcohol motifs (C(OH)–C–C–N with tert-alkyl or cyclic N) is 1. The number of halogens is 1. The van der Waals surface area contributed by atoms with Gasteiger partial charge in [-0.15, -0.1) is 0 Å². The highest BCUT2D eigenvalue weighted by molar-refractivity contribution is 5.78. The molecular weight excluding hydrogens is 245 g/mol. The molecule has 1 heterocycles. The quantitative estimate of drug-likeness (QED) is 0.896. The lowest BCUT2D eigenvalue weighted by atomic mass is 10.0. The molecule has 1 unspecified atom stereocenters. The number of hydrogen-bond donors (Lipinski definition) is 2. The Hall–Kier alpha value is -1.39. The van der Waals surface area contributed by atoms with E-state index in [1.165, 1.54) is 12.1 Å². The Labute approximate surface area is 112 Å². The molecule has 0 fully saturated rings. The molecule has 19 heavy (non-hydrogen) atoms. The van der Waals surface area contributed by atoms with Crippen molar-refractivity contribution in [1.29, 1.82) is 0 Å². The molecule has 0 radical (unpaired) electrons. The van der Waals surface area contributed by atoms with E-state index in [1.54, 1.807) is 19.1 Å². The molecule has 2 aromatic rings. The lowest BCUT2D eigenvalue weighted by Crippen LogP contribution is -2.44. The number of nitrogens with one attached hydrogen (secondary N) is 1. The molecule has 0 amide bonds. The van der Waals surface area contributed by atoms with Gasteiger partial charge in [0.1, 0.15) is 22.8 Å². The van der Waals surface area contributed by atoms with Gasteiger partial charge < -0.3 is 14.8 Å². The summed E-state index contributed by atoms with van der Waals surface area (Å²) >= 11 is 0. The van der Waals surface area contributed by atoms with Gasteiger partial charge in [0.2, 0.25) is 0 Å². The molecular formula is C15H20FNO2. The smallest absolute Gasteiger partial charge is 0.137 e. The third kappa shape index (κ3) is 3.33. The topological polar surface area (TPSA) is 45.4 Å². The van der Waals surface area contributed by atoms with Crippen LogP contribution in [0.2, 0.25) is 0 Å². The summed E-state index contributed by atoms with van der Waals surface area (Å²) in [6.45, 7) is 8.11. The van der Waals surface area contributed by atoms with E-state index in [4.69, 9.17) is 4.42 Å². The maximum absolute atomic E-state index is 13.1. The van der Waals surface area contributed by atoms with Crippen LogP contribution in [0.3, 0.4) is 0 Å². The highest BCUT2D eigenvalue weighted by atomic mass is 19.1. The van der Waals surface area contributed by atoms with Gasteiger partial charge in [0.15, 0.2) is 0 Å². The second-order valence-electron chi connectivity index (χ2n) is 6.17. The summed E-state index contributed by atoms with van der Waals surface area (Å²) in [5, 5.41) is 14.4. The average Bonchev–Trinajstić information content (AvgIpc) is 2.69. The summed E-state index contributed by atoms with van der Waals surface area (Å²) < 4.78 is 18.7. The van der Waals surface area contributed by atoms with E-state index in [0.717, 1.165) is 0 Å². The maximum Gasteiger partial charge on any atom is 0.137 e. The standard InChI is InChI=1S/C15H20FNO2/c1-14(2,3)17-9-15(4,18)13-8-10-7-11(16)5-6-12(10)19-13/h5-8,17-18H,9H2,1-4H3. The molecule has 0 saturated carbocycles. The van der Waals surface area contributed by atoms with Gasteiger partial charge >= 0.3 is 0 Å². The zero-order valence-corrected chi connectivity index (χ0v) is 11.7. The van der Waals surface area contributed by atoms with E-state index >= 15 is 0 Å². The van der Waals surface area contributed by atoms with Gasteiger partial charge in [-0.2, -0.15) is 0 Å². The maximum atomic E-state index is 13.1. The Morgan fingerprint density at radius 1 is 1.21 bits per heavy atom. The third-order valence-electron chi connectivity index (χ3n) is 2.97. The van der Waals surface area contributed by atoms with Crippen LogP contribution in [0.1, 0.15) is 33.5 Å². The van der Waals surface area contributed by atoms with Crippen LogP contribution in [0.25, 0.3) is 11.0 Å². The first-order valence-electron chi connectivity index (χ1n) is 6.34. The first kappa shape index (κ1) is 14.0. The summed E-state index contributed by atoms with van der Waals surface area (Å²) in [5.41, 5.74) is -0.655. The monoisotopic (exact) mass is 265 g/mol. The van der Waals surface area contributed by atoms with Gasteiger partial charge in [-0.25, -0.2) is 4.39 Å². The van der Waals surface area contributed by atoms with Crippen LogP contribution in [0.15, 0.2) is 28.7 Å². The molecule has 0 bridgehead atoms. The molecule has 0 saturated heterocycles. The van der Waals surface area contributed by atoms with Crippen molar-refractivity contribution in [3.8, 4) is 0 Å². The summed E-state index contributed by atoms with van der Waals surface area (Å²) in [7, 11) is 0. The highest BCUT2D eigenvalue weighted by Crippen LogP contribution is 2.28. The van der Waals surface area contributed by atoms with Gasteiger partial charge in [-0.05, 0) is 52.0 Å². The van der Waals surface area contributed by atoms with Crippen molar-refractivity contribution in [3.63, 3.8) is 0 Å². The Morgan fingerprint density at radius 2 is 1.89 bits per heavy atom. The fourth-order valence-electron chi connectivity index (χ4n) is 1.80. The Balaban J connectivity index is 2.27. The number of fused-ring (bicyclic) bond motifs is 1. The fraction of sp³-hybridized carbons (Fsp3) is 0.467. The minimum atomic E-state index is -1.14. The molecule has 2 N–H and O–H groups in total. The molecule has 2 rings (SSSR count). The lowest BCUT2D eigenvalue weighted by molar-refractivity contribution is 0.0299. The molecule has 0 aliphatic heterocycles. The SMILES string of the molecule is CC(C)(C)NCC(C)(O)c1cc2cc(F)ccc2o1. The molecule has 104 valence electrons. The molecule has 1 aromatic heterocycles.